The number of hydrogen-bond donors (Lipinski definition) is 1. The number of sulfonamides is 1. The van der Waals surface area contributed by atoms with Crippen molar-refractivity contribution >= 4 is 16.1 Å². The molecule has 110 valence electrons. The molecule has 21 heavy (non-hydrogen) atoms. The van der Waals surface area contributed by atoms with E-state index >= 15 is 0 Å². The third-order valence-electron chi connectivity index (χ3n) is 2.93. The van der Waals surface area contributed by atoms with Crippen LogP contribution >= 0.6 is 0 Å². The average molecular weight is 303 g/mol. The highest BCUT2D eigenvalue weighted by Gasteiger charge is 2.13. The van der Waals surface area contributed by atoms with Gasteiger partial charge < -0.3 is 4.74 Å². The summed E-state index contributed by atoms with van der Waals surface area (Å²) in [7, 11) is -3.57. The van der Waals surface area contributed by atoms with Crippen LogP contribution in [0.15, 0.2) is 60.0 Å². The predicted molar refractivity (Wildman–Crippen MR) is 83.5 cm³/mol. The summed E-state index contributed by atoms with van der Waals surface area (Å²) in [5.74, 6) is 0.616. The Bertz CT molecular complexity index is 704. The van der Waals surface area contributed by atoms with Crippen LogP contribution in [0.4, 0.5) is 0 Å². The van der Waals surface area contributed by atoms with Crippen LogP contribution in [0.3, 0.4) is 0 Å². The molecular formula is C16H17NO3S. The Hall–Kier alpha value is -2.11. The van der Waals surface area contributed by atoms with E-state index < -0.39 is 10.0 Å². The molecule has 0 amide bonds. The van der Waals surface area contributed by atoms with E-state index in [0.717, 1.165) is 11.1 Å². The van der Waals surface area contributed by atoms with Gasteiger partial charge in [0.25, 0.3) is 0 Å². The molecule has 0 aliphatic rings. The minimum atomic E-state index is -3.57. The van der Waals surface area contributed by atoms with Crippen molar-refractivity contribution in [1.82, 2.24) is 4.72 Å². The van der Waals surface area contributed by atoms with Gasteiger partial charge in [-0.25, -0.2) is 8.42 Å². The Morgan fingerprint density at radius 1 is 1.10 bits per heavy atom. The number of rotatable bonds is 6. The van der Waals surface area contributed by atoms with Crippen LogP contribution in [0.2, 0.25) is 0 Å². The van der Waals surface area contributed by atoms with Gasteiger partial charge in [0.1, 0.15) is 5.75 Å². The lowest BCUT2D eigenvalue weighted by atomic mass is 10.2. The first-order valence-electron chi connectivity index (χ1n) is 6.43. The second kappa shape index (κ2) is 6.56. The summed E-state index contributed by atoms with van der Waals surface area (Å²) in [6, 6.07) is 13.8. The molecule has 0 heterocycles. The molecule has 0 saturated carbocycles. The zero-order valence-corrected chi connectivity index (χ0v) is 12.6. The normalized spacial score (nSPS) is 11.1. The van der Waals surface area contributed by atoms with Crippen LogP contribution in [0.25, 0.3) is 6.08 Å². The van der Waals surface area contributed by atoms with Crippen molar-refractivity contribution in [2.24, 2.45) is 0 Å². The number of ether oxygens (including phenoxy) is 1. The van der Waals surface area contributed by atoms with E-state index in [1.54, 1.807) is 30.3 Å². The Kier molecular flexibility index (Phi) is 4.77. The molecule has 0 spiro atoms. The van der Waals surface area contributed by atoms with Crippen molar-refractivity contribution in [2.45, 2.75) is 11.8 Å². The zero-order chi connectivity index (χ0) is 15.3. The average Bonchev–Trinajstić information content (AvgIpc) is 2.49. The quantitative estimate of drug-likeness (QED) is 0.835. The van der Waals surface area contributed by atoms with Crippen LogP contribution in [-0.4, -0.2) is 15.1 Å². The molecule has 2 aromatic carbocycles. The minimum Gasteiger partial charge on any atom is -0.477 e. The first-order valence-corrected chi connectivity index (χ1v) is 7.91. The van der Waals surface area contributed by atoms with E-state index in [1.807, 2.05) is 19.1 Å². The monoisotopic (exact) mass is 303 g/mol. The Balaban J connectivity index is 1.97. The van der Waals surface area contributed by atoms with E-state index in [9.17, 15) is 8.42 Å². The van der Waals surface area contributed by atoms with E-state index in [1.165, 1.54) is 12.1 Å². The number of hydrogen-bond acceptors (Lipinski definition) is 3. The van der Waals surface area contributed by atoms with Crippen LogP contribution in [-0.2, 0) is 10.0 Å². The fraction of sp³-hybridized carbons (Fsp3) is 0.125. The molecule has 0 atom stereocenters. The molecule has 0 radical (unpaired) electrons. The molecule has 4 nitrogen and oxygen atoms in total. The summed E-state index contributed by atoms with van der Waals surface area (Å²) >= 11 is 0. The van der Waals surface area contributed by atoms with Crippen molar-refractivity contribution in [1.29, 1.82) is 0 Å². The van der Waals surface area contributed by atoms with Crippen LogP contribution in [0.5, 0.6) is 5.75 Å². The summed E-state index contributed by atoms with van der Waals surface area (Å²) in [6.45, 7) is 5.48. The fourth-order valence-corrected chi connectivity index (χ4v) is 2.57. The van der Waals surface area contributed by atoms with Crippen molar-refractivity contribution in [2.75, 3.05) is 6.73 Å². The molecule has 2 rings (SSSR count). The molecule has 0 aliphatic carbocycles. The first kappa shape index (κ1) is 15.3. The van der Waals surface area contributed by atoms with Gasteiger partial charge in [-0.3, -0.25) is 0 Å². The second-order valence-electron chi connectivity index (χ2n) is 4.52. The molecule has 0 bridgehead atoms. The van der Waals surface area contributed by atoms with Crippen molar-refractivity contribution in [3.8, 4) is 5.75 Å². The maximum Gasteiger partial charge on any atom is 0.243 e. The standard InChI is InChI=1S/C16H17NO3S/c1-3-14-6-10-16(11-7-14)21(18,19)17-12-20-15-8-4-13(2)5-9-15/h3-11,17H,1,12H2,2H3. The largest absolute Gasteiger partial charge is 0.477 e. The van der Waals surface area contributed by atoms with E-state index in [2.05, 4.69) is 11.3 Å². The lowest BCUT2D eigenvalue weighted by molar-refractivity contribution is 0.311. The summed E-state index contributed by atoms with van der Waals surface area (Å²) in [5, 5.41) is 0. The van der Waals surface area contributed by atoms with Gasteiger partial charge in [-0.1, -0.05) is 42.5 Å². The molecule has 0 saturated heterocycles. The Labute approximate surface area is 125 Å². The fourth-order valence-electron chi connectivity index (χ4n) is 1.69. The Morgan fingerprint density at radius 2 is 1.71 bits per heavy atom. The summed E-state index contributed by atoms with van der Waals surface area (Å²) in [4.78, 5) is 0.195. The van der Waals surface area contributed by atoms with E-state index in [0.29, 0.717) is 5.75 Å². The van der Waals surface area contributed by atoms with Crippen molar-refractivity contribution in [3.63, 3.8) is 0 Å². The van der Waals surface area contributed by atoms with Crippen LogP contribution in [0, 0.1) is 6.92 Å². The maximum atomic E-state index is 12.1. The highest BCUT2D eigenvalue weighted by Crippen LogP contribution is 2.13. The van der Waals surface area contributed by atoms with Gasteiger partial charge >= 0.3 is 0 Å². The number of aryl methyl sites for hydroxylation is 1. The van der Waals surface area contributed by atoms with Crippen LogP contribution in [0.1, 0.15) is 11.1 Å². The van der Waals surface area contributed by atoms with Gasteiger partial charge in [0.15, 0.2) is 6.73 Å². The van der Waals surface area contributed by atoms with Gasteiger partial charge in [-0.05, 0) is 36.8 Å². The number of benzene rings is 2. The highest BCUT2D eigenvalue weighted by molar-refractivity contribution is 7.89. The smallest absolute Gasteiger partial charge is 0.243 e. The van der Waals surface area contributed by atoms with Gasteiger partial charge in [-0.2, -0.15) is 4.72 Å². The summed E-state index contributed by atoms with van der Waals surface area (Å²) < 4.78 is 31.9. The molecule has 0 unspecified atom stereocenters. The lowest BCUT2D eigenvalue weighted by Gasteiger charge is -2.09. The first-order chi connectivity index (χ1) is 10.0. The topological polar surface area (TPSA) is 55.4 Å². The van der Waals surface area contributed by atoms with Gasteiger partial charge in [-0.15, -0.1) is 0 Å². The third kappa shape index (κ3) is 4.18. The van der Waals surface area contributed by atoms with Crippen LogP contribution < -0.4 is 9.46 Å². The van der Waals surface area contributed by atoms with Gasteiger partial charge in [0, 0.05) is 0 Å². The maximum absolute atomic E-state index is 12.1. The second-order valence-corrected chi connectivity index (χ2v) is 6.29. The molecule has 0 aromatic heterocycles. The van der Waals surface area contributed by atoms with E-state index in [4.69, 9.17) is 4.74 Å². The summed E-state index contributed by atoms with van der Waals surface area (Å²) in [5.41, 5.74) is 1.98. The van der Waals surface area contributed by atoms with Gasteiger partial charge in [0.05, 0.1) is 4.90 Å². The van der Waals surface area contributed by atoms with Crippen molar-refractivity contribution in [3.05, 3.63) is 66.2 Å². The zero-order valence-electron chi connectivity index (χ0n) is 11.7. The number of nitrogens with one attached hydrogen (secondary N) is 1. The molecular weight excluding hydrogens is 286 g/mol. The molecule has 5 heteroatoms. The SMILES string of the molecule is C=Cc1ccc(S(=O)(=O)NCOc2ccc(C)cc2)cc1. The molecule has 1 N–H and O–H groups in total. The van der Waals surface area contributed by atoms with Gasteiger partial charge in [0.2, 0.25) is 10.0 Å². The Morgan fingerprint density at radius 3 is 2.29 bits per heavy atom. The van der Waals surface area contributed by atoms with E-state index in [-0.39, 0.29) is 11.6 Å². The molecule has 0 aliphatic heterocycles. The molecule has 2 aromatic rings. The molecule has 0 fully saturated rings. The summed E-state index contributed by atoms with van der Waals surface area (Å²) in [6.07, 6.45) is 1.66. The van der Waals surface area contributed by atoms with Crippen molar-refractivity contribution < 1.29 is 13.2 Å². The lowest BCUT2D eigenvalue weighted by Crippen LogP contribution is -2.27. The predicted octanol–water partition coefficient (Wildman–Crippen LogP) is 2.95. The minimum absolute atomic E-state index is 0.116. The highest BCUT2D eigenvalue weighted by atomic mass is 32.2. The third-order valence-corrected chi connectivity index (χ3v) is 4.33.